The smallest absolute Gasteiger partial charge is 0.227 e. The van der Waals surface area contributed by atoms with E-state index in [-0.39, 0.29) is 12.0 Å². The Morgan fingerprint density at radius 2 is 2.16 bits per heavy atom. The molecule has 3 heterocycles. The highest BCUT2D eigenvalue weighted by atomic mass is 16.5. The number of nitrogens with zero attached hydrogens (tertiary/aromatic N) is 2. The normalized spacial score (nSPS) is 20.8. The van der Waals surface area contributed by atoms with E-state index in [0.717, 1.165) is 44.6 Å². The number of aromatic nitrogens is 1. The van der Waals surface area contributed by atoms with E-state index in [1.807, 2.05) is 12.1 Å². The van der Waals surface area contributed by atoms with Gasteiger partial charge in [-0.1, -0.05) is 0 Å². The standard InChI is InChI=1S/C14H19N3O2/c18-14-2-1-9-17(14)11-3-4-13(16-10-11)19-12-5-7-15-8-6-12/h3-4,10,12,15H,1-2,5-9H2. The number of carbonyl (C=O) groups excluding carboxylic acids is 1. The van der Waals surface area contributed by atoms with Crippen molar-refractivity contribution in [3.63, 3.8) is 0 Å². The molecule has 2 aliphatic rings. The highest BCUT2D eigenvalue weighted by Gasteiger charge is 2.22. The van der Waals surface area contributed by atoms with Crippen LogP contribution in [-0.4, -0.2) is 36.6 Å². The number of carbonyl (C=O) groups is 1. The molecule has 0 unspecified atom stereocenters. The van der Waals surface area contributed by atoms with Crippen LogP contribution in [0.3, 0.4) is 0 Å². The number of hydrogen-bond donors (Lipinski definition) is 1. The van der Waals surface area contributed by atoms with Gasteiger partial charge in [0.05, 0.1) is 11.9 Å². The maximum absolute atomic E-state index is 11.6. The topological polar surface area (TPSA) is 54.5 Å². The van der Waals surface area contributed by atoms with Crippen molar-refractivity contribution in [1.82, 2.24) is 10.3 Å². The predicted molar refractivity (Wildman–Crippen MR) is 72.3 cm³/mol. The molecule has 2 fully saturated rings. The Morgan fingerprint density at radius 1 is 1.32 bits per heavy atom. The molecule has 2 aliphatic heterocycles. The van der Waals surface area contributed by atoms with Crippen molar-refractivity contribution in [3.05, 3.63) is 18.3 Å². The first-order valence-corrected chi connectivity index (χ1v) is 6.97. The summed E-state index contributed by atoms with van der Waals surface area (Å²) in [5, 5.41) is 3.31. The zero-order chi connectivity index (χ0) is 13.1. The zero-order valence-electron chi connectivity index (χ0n) is 11.0. The second-order valence-corrected chi connectivity index (χ2v) is 5.07. The first-order chi connectivity index (χ1) is 9.33. The van der Waals surface area contributed by atoms with Gasteiger partial charge in [0.15, 0.2) is 0 Å². The summed E-state index contributed by atoms with van der Waals surface area (Å²) in [5.41, 5.74) is 0.875. The molecule has 5 heteroatoms. The lowest BCUT2D eigenvalue weighted by Gasteiger charge is -2.23. The summed E-state index contributed by atoms with van der Waals surface area (Å²) >= 11 is 0. The summed E-state index contributed by atoms with van der Waals surface area (Å²) in [6, 6.07) is 3.79. The molecule has 1 aromatic heterocycles. The molecular weight excluding hydrogens is 242 g/mol. The van der Waals surface area contributed by atoms with Crippen molar-refractivity contribution in [3.8, 4) is 5.88 Å². The van der Waals surface area contributed by atoms with Crippen molar-refractivity contribution in [2.75, 3.05) is 24.5 Å². The number of pyridine rings is 1. The second-order valence-electron chi connectivity index (χ2n) is 5.07. The highest BCUT2D eigenvalue weighted by molar-refractivity contribution is 5.95. The van der Waals surface area contributed by atoms with Crippen LogP contribution < -0.4 is 15.0 Å². The molecule has 0 saturated carbocycles. The molecule has 0 bridgehead atoms. The Kier molecular flexibility index (Phi) is 3.64. The molecule has 5 nitrogen and oxygen atoms in total. The van der Waals surface area contributed by atoms with E-state index < -0.39 is 0 Å². The average molecular weight is 261 g/mol. The summed E-state index contributed by atoms with van der Waals surface area (Å²) in [5.74, 6) is 0.844. The predicted octanol–water partition coefficient (Wildman–Crippen LogP) is 1.34. The van der Waals surface area contributed by atoms with Crippen LogP contribution in [0.25, 0.3) is 0 Å². The third kappa shape index (κ3) is 2.87. The monoisotopic (exact) mass is 261 g/mol. The van der Waals surface area contributed by atoms with Gasteiger partial charge in [-0.05, 0) is 38.4 Å². The Morgan fingerprint density at radius 3 is 2.79 bits per heavy atom. The minimum Gasteiger partial charge on any atom is -0.474 e. The molecule has 102 valence electrons. The SMILES string of the molecule is O=C1CCCN1c1ccc(OC2CCNCC2)nc1. The quantitative estimate of drug-likeness (QED) is 0.892. The molecule has 0 radical (unpaired) electrons. The molecule has 1 aromatic rings. The first kappa shape index (κ1) is 12.4. The van der Waals surface area contributed by atoms with Gasteiger partial charge in [-0.2, -0.15) is 0 Å². The van der Waals surface area contributed by atoms with Gasteiger partial charge in [0.2, 0.25) is 11.8 Å². The van der Waals surface area contributed by atoms with Crippen LogP contribution in [0.5, 0.6) is 5.88 Å². The Hall–Kier alpha value is -1.62. The molecular formula is C14H19N3O2. The molecule has 19 heavy (non-hydrogen) atoms. The van der Waals surface area contributed by atoms with Gasteiger partial charge in [0, 0.05) is 19.0 Å². The number of amides is 1. The van der Waals surface area contributed by atoms with E-state index in [2.05, 4.69) is 10.3 Å². The van der Waals surface area contributed by atoms with Crippen LogP contribution in [-0.2, 0) is 4.79 Å². The second kappa shape index (κ2) is 5.57. The third-order valence-corrected chi connectivity index (χ3v) is 3.68. The minimum absolute atomic E-state index is 0.189. The molecule has 0 spiro atoms. The van der Waals surface area contributed by atoms with Crippen molar-refractivity contribution >= 4 is 11.6 Å². The fourth-order valence-corrected chi connectivity index (χ4v) is 2.61. The van der Waals surface area contributed by atoms with E-state index in [4.69, 9.17) is 4.74 Å². The fourth-order valence-electron chi connectivity index (χ4n) is 2.61. The number of anilines is 1. The third-order valence-electron chi connectivity index (χ3n) is 3.68. The maximum atomic E-state index is 11.6. The summed E-state index contributed by atoms with van der Waals surface area (Å²) in [4.78, 5) is 17.7. The summed E-state index contributed by atoms with van der Waals surface area (Å²) in [7, 11) is 0. The van der Waals surface area contributed by atoms with Gasteiger partial charge in [-0.15, -0.1) is 0 Å². The average Bonchev–Trinajstić information content (AvgIpc) is 2.87. The van der Waals surface area contributed by atoms with Crippen LogP contribution in [0.15, 0.2) is 18.3 Å². The molecule has 1 amide bonds. The number of hydrogen-bond acceptors (Lipinski definition) is 4. The van der Waals surface area contributed by atoms with E-state index in [0.29, 0.717) is 12.3 Å². The van der Waals surface area contributed by atoms with Gasteiger partial charge in [-0.25, -0.2) is 4.98 Å². The van der Waals surface area contributed by atoms with Crippen molar-refractivity contribution in [2.45, 2.75) is 31.8 Å². The number of nitrogens with one attached hydrogen (secondary N) is 1. The maximum Gasteiger partial charge on any atom is 0.227 e. The van der Waals surface area contributed by atoms with Gasteiger partial charge < -0.3 is 15.0 Å². The highest BCUT2D eigenvalue weighted by Crippen LogP contribution is 2.22. The lowest BCUT2D eigenvalue weighted by molar-refractivity contribution is -0.117. The molecule has 3 rings (SSSR count). The van der Waals surface area contributed by atoms with Crippen molar-refractivity contribution in [1.29, 1.82) is 0 Å². The van der Waals surface area contributed by atoms with Crippen LogP contribution in [0.2, 0.25) is 0 Å². The molecule has 2 saturated heterocycles. The Labute approximate surface area is 113 Å². The van der Waals surface area contributed by atoms with Gasteiger partial charge in [0.1, 0.15) is 6.10 Å². The largest absolute Gasteiger partial charge is 0.474 e. The lowest BCUT2D eigenvalue weighted by Crippen LogP contribution is -2.34. The molecule has 0 atom stereocenters. The fraction of sp³-hybridized carbons (Fsp3) is 0.571. The molecule has 1 N–H and O–H groups in total. The number of ether oxygens (including phenoxy) is 1. The molecule has 0 aromatic carbocycles. The van der Waals surface area contributed by atoms with E-state index in [9.17, 15) is 4.79 Å². The van der Waals surface area contributed by atoms with E-state index in [1.54, 1.807) is 11.1 Å². The first-order valence-electron chi connectivity index (χ1n) is 6.97. The van der Waals surface area contributed by atoms with Gasteiger partial charge in [-0.3, -0.25) is 4.79 Å². The van der Waals surface area contributed by atoms with E-state index in [1.165, 1.54) is 0 Å². The Balaban J connectivity index is 1.63. The minimum atomic E-state index is 0.189. The van der Waals surface area contributed by atoms with Crippen LogP contribution in [0.4, 0.5) is 5.69 Å². The Bertz CT molecular complexity index is 441. The lowest BCUT2D eigenvalue weighted by atomic mass is 10.1. The molecule has 0 aliphatic carbocycles. The van der Waals surface area contributed by atoms with Gasteiger partial charge in [0.25, 0.3) is 0 Å². The summed E-state index contributed by atoms with van der Waals surface area (Å²) < 4.78 is 5.85. The number of piperidine rings is 1. The van der Waals surface area contributed by atoms with Crippen molar-refractivity contribution < 1.29 is 9.53 Å². The van der Waals surface area contributed by atoms with Crippen LogP contribution in [0.1, 0.15) is 25.7 Å². The summed E-state index contributed by atoms with van der Waals surface area (Å²) in [6.07, 6.45) is 5.62. The van der Waals surface area contributed by atoms with Crippen LogP contribution in [0, 0.1) is 0 Å². The number of rotatable bonds is 3. The van der Waals surface area contributed by atoms with Crippen molar-refractivity contribution in [2.24, 2.45) is 0 Å². The zero-order valence-corrected chi connectivity index (χ0v) is 11.0. The van der Waals surface area contributed by atoms with E-state index >= 15 is 0 Å². The summed E-state index contributed by atoms with van der Waals surface area (Å²) in [6.45, 7) is 2.81. The van der Waals surface area contributed by atoms with Gasteiger partial charge >= 0.3 is 0 Å². The van der Waals surface area contributed by atoms with Crippen LogP contribution >= 0.6 is 0 Å².